The number of hydrogen-bond donors (Lipinski definition) is 0. The number of hydroxylamine groups is 1. The van der Waals surface area contributed by atoms with E-state index in [1.807, 2.05) is 35.4 Å². The molecule has 1 aliphatic rings. The Morgan fingerprint density at radius 3 is 2.95 bits per heavy atom. The quantitative estimate of drug-likeness (QED) is 0.603. The molecule has 0 N–H and O–H groups in total. The van der Waals surface area contributed by atoms with Crippen LogP contribution in [0.15, 0.2) is 42.5 Å². The number of methoxy groups -OCH3 is 1. The van der Waals surface area contributed by atoms with Gasteiger partial charge in [0.15, 0.2) is 0 Å². The number of carbonyl (C=O) groups excluding carboxylic acids is 1. The average Bonchev–Trinajstić information content (AvgIpc) is 2.48. The maximum atomic E-state index is 11.0. The molecule has 1 aromatic rings. The first-order valence-electron chi connectivity index (χ1n) is 6.52. The first-order valence-corrected chi connectivity index (χ1v) is 6.52. The topological polar surface area (TPSA) is 38.8 Å². The number of rotatable bonds is 5. The molecule has 0 saturated heterocycles. The predicted octanol–water partition coefficient (Wildman–Crippen LogP) is 2.71. The molecule has 0 aromatic heterocycles. The molecule has 1 atom stereocenters. The molecule has 1 heterocycles. The van der Waals surface area contributed by atoms with Gasteiger partial charge in [-0.2, -0.15) is 0 Å². The molecule has 1 aliphatic heterocycles. The molecular weight excluding hydrogens is 242 g/mol. The van der Waals surface area contributed by atoms with E-state index in [2.05, 4.69) is 16.9 Å². The number of para-hydroxylation sites is 1. The maximum absolute atomic E-state index is 11.0. The van der Waals surface area contributed by atoms with Crippen molar-refractivity contribution in [2.45, 2.75) is 25.4 Å². The van der Waals surface area contributed by atoms with E-state index in [0.29, 0.717) is 6.42 Å². The fourth-order valence-electron chi connectivity index (χ4n) is 2.01. The van der Waals surface area contributed by atoms with Gasteiger partial charge in [-0.05, 0) is 25.0 Å². The first kappa shape index (κ1) is 13.6. The zero-order valence-corrected chi connectivity index (χ0v) is 11.1. The first-order chi connectivity index (χ1) is 9.29. The number of anilines is 1. The van der Waals surface area contributed by atoms with Gasteiger partial charge in [-0.3, -0.25) is 9.63 Å². The largest absolute Gasteiger partial charge is 0.469 e. The van der Waals surface area contributed by atoms with E-state index in [1.165, 1.54) is 7.11 Å². The Balaban J connectivity index is 1.83. The van der Waals surface area contributed by atoms with E-state index in [0.717, 1.165) is 25.1 Å². The molecule has 19 heavy (non-hydrogen) atoms. The van der Waals surface area contributed by atoms with Crippen molar-refractivity contribution in [1.82, 2.24) is 0 Å². The fraction of sp³-hybridized carbons (Fsp3) is 0.400. The highest BCUT2D eigenvalue weighted by molar-refractivity contribution is 5.69. The van der Waals surface area contributed by atoms with Crippen molar-refractivity contribution >= 4 is 11.7 Å². The number of carbonyl (C=O) groups is 1. The van der Waals surface area contributed by atoms with Crippen molar-refractivity contribution in [3.63, 3.8) is 0 Å². The monoisotopic (exact) mass is 261 g/mol. The lowest BCUT2D eigenvalue weighted by molar-refractivity contribution is -0.140. The summed E-state index contributed by atoms with van der Waals surface area (Å²) in [5.74, 6) is -0.167. The van der Waals surface area contributed by atoms with Crippen LogP contribution in [-0.2, 0) is 14.4 Å². The highest BCUT2D eigenvalue weighted by Crippen LogP contribution is 2.20. The van der Waals surface area contributed by atoms with Gasteiger partial charge in [-0.1, -0.05) is 30.4 Å². The normalized spacial score (nSPS) is 18.4. The molecule has 0 radical (unpaired) electrons. The van der Waals surface area contributed by atoms with Gasteiger partial charge in [0.2, 0.25) is 0 Å². The van der Waals surface area contributed by atoms with Gasteiger partial charge in [0.05, 0.1) is 19.3 Å². The molecule has 0 spiro atoms. The summed E-state index contributed by atoms with van der Waals surface area (Å²) in [6, 6.07) is 10.00. The number of hydrogen-bond acceptors (Lipinski definition) is 4. The van der Waals surface area contributed by atoms with Crippen molar-refractivity contribution in [2.24, 2.45) is 0 Å². The molecule has 4 heteroatoms. The van der Waals surface area contributed by atoms with Gasteiger partial charge >= 0.3 is 5.97 Å². The van der Waals surface area contributed by atoms with Crippen LogP contribution in [0.4, 0.5) is 5.69 Å². The standard InChI is InChI=1S/C15H19NO3/c1-18-15(17)11-5-9-14-10-6-12-16(19-14)13-7-3-2-4-8-13/h2-4,6-8,10,14H,5,9,11-12H2,1H3/t14-/m1/s1. The minimum Gasteiger partial charge on any atom is -0.469 e. The van der Waals surface area contributed by atoms with Crippen LogP contribution in [0.3, 0.4) is 0 Å². The SMILES string of the molecule is COC(=O)CCC[C@@H]1C=CCN(c2ccccc2)O1. The predicted molar refractivity (Wildman–Crippen MR) is 73.7 cm³/mol. The second kappa shape index (κ2) is 6.95. The summed E-state index contributed by atoms with van der Waals surface area (Å²) in [5.41, 5.74) is 1.05. The molecule has 102 valence electrons. The van der Waals surface area contributed by atoms with E-state index in [9.17, 15) is 4.79 Å². The van der Waals surface area contributed by atoms with Crippen LogP contribution in [0.1, 0.15) is 19.3 Å². The van der Waals surface area contributed by atoms with Crippen LogP contribution in [0, 0.1) is 0 Å². The molecule has 4 nitrogen and oxygen atoms in total. The zero-order valence-electron chi connectivity index (χ0n) is 11.1. The van der Waals surface area contributed by atoms with E-state index in [1.54, 1.807) is 0 Å². The lowest BCUT2D eigenvalue weighted by Crippen LogP contribution is -2.32. The minimum atomic E-state index is -0.167. The van der Waals surface area contributed by atoms with Gasteiger partial charge in [0.1, 0.15) is 6.10 Å². The second-order valence-corrected chi connectivity index (χ2v) is 4.44. The third-order valence-corrected chi connectivity index (χ3v) is 3.03. The van der Waals surface area contributed by atoms with Gasteiger partial charge in [0, 0.05) is 6.42 Å². The summed E-state index contributed by atoms with van der Waals surface area (Å²) in [7, 11) is 1.41. The average molecular weight is 261 g/mol. The molecule has 2 rings (SSSR count). The summed E-state index contributed by atoms with van der Waals surface area (Å²) in [6.45, 7) is 0.748. The van der Waals surface area contributed by atoms with Crippen molar-refractivity contribution < 1.29 is 14.4 Å². The highest BCUT2D eigenvalue weighted by Gasteiger charge is 2.16. The van der Waals surface area contributed by atoms with Crippen LogP contribution >= 0.6 is 0 Å². The minimum absolute atomic E-state index is 0.0265. The number of nitrogens with zero attached hydrogens (tertiary/aromatic N) is 1. The molecule has 0 aliphatic carbocycles. The summed E-state index contributed by atoms with van der Waals surface area (Å²) < 4.78 is 4.62. The number of ether oxygens (including phenoxy) is 1. The smallest absolute Gasteiger partial charge is 0.305 e. The highest BCUT2D eigenvalue weighted by atomic mass is 16.7. The van der Waals surface area contributed by atoms with Gasteiger partial charge in [-0.25, -0.2) is 5.06 Å². The second-order valence-electron chi connectivity index (χ2n) is 4.44. The molecule has 0 bridgehead atoms. The molecular formula is C15H19NO3. The van der Waals surface area contributed by atoms with Crippen molar-refractivity contribution in [3.8, 4) is 0 Å². The van der Waals surface area contributed by atoms with Gasteiger partial charge in [-0.15, -0.1) is 0 Å². The van der Waals surface area contributed by atoms with Crippen molar-refractivity contribution in [1.29, 1.82) is 0 Å². The van der Waals surface area contributed by atoms with Gasteiger partial charge in [0.25, 0.3) is 0 Å². The summed E-state index contributed by atoms with van der Waals surface area (Å²) in [6.07, 6.45) is 6.20. The molecule has 0 fully saturated rings. The Bertz CT molecular complexity index is 430. The Morgan fingerprint density at radius 1 is 1.42 bits per heavy atom. The Kier molecular flexibility index (Phi) is 4.98. The van der Waals surface area contributed by atoms with Crippen molar-refractivity contribution in [3.05, 3.63) is 42.5 Å². The molecule has 0 amide bonds. The third kappa shape index (κ3) is 4.10. The van der Waals surface area contributed by atoms with E-state index >= 15 is 0 Å². The Morgan fingerprint density at radius 2 is 2.21 bits per heavy atom. The van der Waals surface area contributed by atoms with E-state index in [-0.39, 0.29) is 12.1 Å². The summed E-state index contributed by atoms with van der Waals surface area (Å²) >= 11 is 0. The molecule has 0 unspecified atom stereocenters. The Labute approximate surface area is 113 Å². The van der Waals surface area contributed by atoms with Gasteiger partial charge < -0.3 is 4.74 Å². The lowest BCUT2D eigenvalue weighted by Gasteiger charge is -2.30. The van der Waals surface area contributed by atoms with Crippen LogP contribution in [0.2, 0.25) is 0 Å². The van der Waals surface area contributed by atoms with E-state index in [4.69, 9.17) is 4.84 Å². The van der Waals surface area contributed by atoms with Crippen LogP contribution in [-0.4, -0.2) is 25.7 Å². The molecule has 1 aromatic carbocycles. The van der Waals surface area contributed by atoms with Crippen LogP contribution in [0.25, 0.3) is 0 Å². The zero-order chi connectivity index (χ0) is 13.5. The Hall–Kier alpha value is -1.81. The summed E-state index contributed by atoms with van der Waals surface area (Å²) in [5, 5.41) is 1.88. The number of benzene rings is 1. The maximum Gasteiger partial charge on any atom is 0.305 e. The molecule has 0 saturated carbocycles. The third-order valence-electron chi connectivity index (χ3n) is 3.03. The van der Waals surface area contributed by atoms with E-state index < -0.39 is 0 Å². The van der Waals surface area contributed by atoms with Crippen LogP contribution in [0.5, 0.6) is 0 Å². The number of esters is 1. The van der Waals surface area contributed by atoms with Crippen LogP contribution < -0.4 is 5.06 Å². The summed E-state index contributed by atoms with van der Waals surface area (Å²) in [4.78, 5) is 16.9. The fourth-order valence-corrected chi connectivity index (χ4v) is 2.01. The van der Waals surface area contributed by atoms with Crippen molar-refractivity contribution in [2.75, 3.05) is 18.7 Å². The lowest BCUT2D eigenvalue weighted by atomic mass is 10.1.